The van der Waals surface area contributed by atoms with Gasteiger partial charge in [-0.3, -0.25) is 4.90 Å². The third-order valence-corrected chi connectivity index (χ3v) is 4.21. The second kappa shape index (κ2) is 6.84. The Bertz CT molecular complexity index is 428. The minimum Gasteiger partial charge on any atom is -0.492 e. The SMILES string of the molecule is CCOc1cccc(N2CCN(C(C)CC)CC2)c1N. The lowest BCUT2D eigenvalue weighted by Crippen LogP contribution is -2.49. The molecule has 4 nitrogen and oxygen atoms in total. The van der Waals surface area contributed by atoms with E-state index in [0.29, 0.717) is 12.6 Å². The van der Waals surface area contributed by atoms with E-state index in [0.717, 1.165) is 43.3 Å². The van der Waals surface area contributed by atoms with Crippen molar-refractivity contribution in [3.05, 3.63) is 18.2 Å². The largest absolute Gasteiger partial charge is 0.492 e. The third-order valence-electron chi connectivity index (χ3n) is 4.21. The quantitative estimate of drug-likeness (QED) is 0.840. The molecule has 20 heavy (non-hydrogen) atoms. The van der Waals surface area contributed by atoms with Gasteiger partial charge >= 0.3 is 0 Å². The van der Waals surface area contributed by atoms with Crippen molar-refractivity contribution in [2.45, 2.75) is 33.2 Å². The number of rotatable bonds is 5. The molecule has 112 valence electrons. The van der Waals surface area contributed by atoms with Gasteiger partial charge in [0.1, 0.15) is 5.75 Å². The molecule has 0 aliphatic carbocycles. The van der Waals surface area contributed by atoms with E-state index < -0.39 is 0 Å². The first-order chi connectivity index (χ1) is 9.67. The van der Waals surface area contributed by atoms with Gasteiger partial charge in [0.15, 0.2) is 0 Å². The van der Waals surface area contributed by atoms with Crippen LogP contribution in [0.4, 0.5) is 11.4 Å². The van der Waals surface area contributed by atoms with Gasteiger partial charge in [0.2, 0.25) is 0 Å². The van der Waals surface area contributed by atoms with Crippen LogP contribution < -0.4 is 15.4 Å². The maximum Gasteiger partial charge on any atom is 0.144 e. The highest BCUT2D eigenvalue weighted by Gasteiger charge is 2.22. The van der Waals surface area contributed by atoms with Crippen molar-refractivity contribution in [3.63, 3.8) is 0 Å². The van der Waals surface area contributed by atoms with Crippen molar-refractivity contribution in [1.82, 2.24) is 4.90 Å². The molecule has 1 fully saturated rings. The Labute approximate surface area is 122 Å². The molecule has 1 aromatic rings. The highest BCUT2D eigenvalue weighted by atomic mass is 16.5. The number of nitrogens with two attached hydrogens (primary N) is 1. The zero-order valence-corrected chi connectivity index (χ0v) is 12.9. The number of para-hydroxylation sites is 1. The van der Waals surface area contributed by atoms with E-state index in [4.69, 9.17) is 10.5 Å². The molecular weight excluding hydrogens is 250 g/mol. The van der Waals surface area contributed by atoms with Crippen molar-refractivity contribution in [3.8, 4) is 5.75 Å². The molecule has 1 aliphatic heterocycles. The van der Waals surface area contributed by atoms with Crippen LogP contribution in [0.2, 0.25) is 0 Å². The van der Waals surface area contributed by atoms with Gasteiger partial charge in [-0.15, -0.1) is 0 Å². The average Bonchev–Trinajstić information content (AvgIpc) is 2.49. The van der Waals surface area contributed by atoms with Gasteiger partial charge in [-0.25, -0.2) is 0 Å². The molecule has 0 spiro atoms. The lowest BCUT2D eigenvalue weighted by Gasteiger charge is -2.39. The summed E-state index contributed by atoms with van der Waals surface area (Å²) < 4.78 is 5.58. The van der Waals surface area contributed by atoms with Gasteiger partial charge in [0, 0.05) is 32.2 Å². The molecule has 1 unspecified atom stereocenters. The van der Waals surface area contributed by atoms with Gasteiger partial charge in [0.05, 0.1) is 18.0 Å². The number of piperazine rings is 1. The number of hydrogen-bond donors (Lipinski definition) is 1. The molecule has 0 radical (unpaired) electrons. The Hall–Kier alpha value is -1.42. The van der Waals surface area contributed by atoms with E-state index in [2.05, 4.69) is 29.7 Å². The molecule has 0 aromatic heterocycles. The van der Waals surface area contributed by atoms with Crippen LogP contribution in [0.3, 0.4) is 0 Å². The first-order valence-electron chi connectivity index (χ1n) is 7.67. The molecule has 1 heterocycles. The van der Waals surface area contributed by atoms with Crippen molar-refractivity contribution >= 4 is 11.4 Å². The molecule has 1 aliphatic rings. The molecule has 0 amide bonds. The van der Waals surface area contributed by atoms with E-state index in [1.165, 1.54) is 6.42 Å². The minimum atomic E-state index is 0.648. The summed E-state index contributed by atoms with van der Waals surface area (Å²) in [5.74, 6) is 0.800. The third kappa shape index (κ3) is 3.18. The fraction of sp³-hybridized carbons (Fsp3) is 0.625. The number of anilines is 2. The summed E-state index contributed by atoms with van der Waals surface area (Å²) in [6.45, 7) is 11.5. The zero-order valence-electron chi connectivity index (χ0n) is 12.9. The lowest BCUT2D eigenvalue weighted by atomic mass is 10.1. The minimum absolute atomic E-state index is 0.648. The number of nitrogen functional groups attached to an aromatic ring is 1. The predicted molar refractivity (Wildman–Crippen MR) is 85.6 cm³/mol. The summed E-state index contributed by atoms with van der Waals surface area (Å²) >= 11 is 0. The van der Waals surface area contributed by atoms with Crippen molar-refractivity contribution in [2.24, 2.45) is 0 Å². The summed E-state index contributed by atoms with van der Waals surface area (Å²) in [4.78, 5) is 4.93. The Morgan fingerprint density at radius 2 is 1.90 bits per heavy atom. The summed E-state index contributed by atoms with van der Waals surface area (Å²) in [5, 5.41) is 0. The Kier molecular flexibility index (Phi) is 5.12. The van der Waals surface area contributed by atoms with E-state index in [9.17, 15) is 0 Å². The number of ether oxygens (including phenoxy) is 1. The predicted octanol–water partition coefficient (Wildman–Crippen LogP) is 2.59. The van der Waals surface area contributed by atoms with Crippen molar-refractivity contribution < 1.29 is 4.74 Å². The topological polar surface area (TPSA) is 41.7 Å². The molecule has 1 aromatic carbocycles. The van der Waals surface area contributed by atoms with E-state index in [1.54, 1.807) is 0 Å². The maximum absolute atomic E-state index is 6.24. The Balaban J connectivity index is 2.05. The average molecular weight is 277 g/mol. The van der Waals surface area contributed by atoms with Crippen molar-refractivity contribution in [1.29, 1.82) is 0 Å². The summed E-state index contributed by atoms with van der Waals surface area (Å²) in [7, 11) is 0. The van der Waals surface area contributed by atoms with Crippen LogP contribution in [0.5, 0.6) is 5.75 Å². The molecule has 1 atom stereocenters. The smallest absolute Gasteiger partial charge is 0.144 e. The van der Waals surface area contributed by atoms with Gasteiger partial charge in [0.25, 0.3) is 0 Å². The summed E-state index contributed by atoms with van der Waals surface area (Å²) in [6.07, 6.45) is 1.21. The van der Waals surface area contributed by atoms with E-state index in [-0.39, 0.29) is 0 Å². The Morgan fingerprint density at radius 3 is 2.50 bits per heavy atom. The highest BCUT2D eigenvalue weighted by molar-refractivity contribution is 5.74. The summed E-state index contributed by atoms with van der Waals surface area (Å²) in [5.41, 5.74) is 8.12. The van der Waals surface area contributed by atoms with E-state index in [1.807, 2.05) is 19.1 Å². The normalized spacial score (nSPS) is 18.1. The second-order valence-electron chi connectivity index (χ2n) is 5.40. The van der Waals surface area contributed by atoms with Crippen LogP contribution in [0.25, 0.3) is 0 Å². The van der Waals surface area contributed by atoms with Crippen LogP contribution >= 0.6 is 0 Å². The summed E-state index contributed by atoms with van der Waals surface area (Å²) in [6, 6.07) is 6.73. The van der Waals surface area contributed by atoms with Crippen LogP contribution in [0.1, 0.15) is 27.2 Å². The standard InChI is InChI=1S/C16H27N3O/c1-4-13(3)18-9-11-19(12-10-18)14-7-6-8-15(16(14)17)20-5-2/h6-8,13H,4-5,9-12,17H2,1-3H3. The highest BCUT2D eigenvalue weighted by Crippen LogP contribution is 2.32. The molecule has 1 saturated heterocycles. The molecule has 0 saturated carbocycles. The number of benzene rings is 1. The van der Waals surface area contributed by atoms with Crippen LogP contribution in [0.15, 0.2) is 18.2 Å². The van der Waals surface area contributed by atoms with Gasteiger partial charge < -0.3 is 15.4 Å². The second-order valence-corrected chi connectivity index (χ2v) is 5.40. The van der Waals surface area contributed by atoms with E-state index >= 15 is 0 Å². The van der Waals surface area contributed by atoms with Crippen LogP contribution in [0, 0.1) is 0 Å². The van der Waals surface area contributed by atoms with Crippen LogP contribution in [-0.2, 0) is 0 Å². The lowest BCUT2D eigenvalue weighted by molar-refractivity contribution is 0.193. The maximum atomic E-state index is 6.24. The van der Waals surface area contributed by atoms with Gasteiger partial charge in [-0.2, -0.15) is 0 Å². The fourth-order valence-corrected chi connectivity index (χ4v) is 2.75. The molecule has 0 bridgehead atoms. The number of hydrogen-bond acceptors (Lipinski definition) is 4. The monoisotopic (exact) mass is 277 g/mol. The van der Waals surface area contributed by atoms with Gasteiger partial charge in [-0.05, 0) is 32.4 Å². The Morgan fingerprint density at radius 1 is 1.20 bits per heavy atom. The van der Waals surface area contributed by atoms with Crippen molar-refractivity contribution in [2.75, 3.05) is 43.4 Å². The van der Waals surface area contributed by atoms with Crippen LogP contribution in [-0.4, -0.2) is 43.7 Å². The fourth-order valence-electron chi connectivity index (χ4n) is 2.75. The van der Waals surface area contributed by atoms with Gasteiger partial charge in [-0.1, -0.05) is 13.0 Å². The number of nitrogens with zero attached hydrogens (tertiary/aromatic N) is 2. The zero-order chi connectivity index (χ0) is 14.5. The molecular formula is C16H27N3O. The molecule has 4 heteroatoms. The first-order valence-corrected chi connectivity index (χ1v) is 7.67. The molecule has 2 rings (SSSR count). The molecule has 2 N–H and O–H groups in total. The first kappa shape index (κ1) is 15.0.